The molecule has 0 atom stereocenters. The number of hydrogen-bond acceptors (Lipinski definition) is 6. The third-order valence-electron chi connectivity index (χ3n) is 4.94. The molecule has 1 amide bonds. The highest BCUT2D eigenvalue weighted by Crippen LogP contribution is 2.25. The molecule has 1 fully saturated rings. The number of aromatic nitrogens is 2. The Hall–Kier alpha value is -2.71. The smallest absolute Gasteiger partial charge is 0.316 e. The molecule has 1 saturated heterocycles. The van der Waals surface area contributed by atoms with Gasteiger partial charge in [0.1, 0.15) is 11.4 Å². The Bertz CT molecular complexity index is 934. The van der Waals surface area contributed by atoms with E-state index in [1.165, 1.54) is 15.8 Å². The van der Waals surface area contributed by atoms with Crippen LogP contribution in [0.4, 0.5) is 16.3 Å². The SMILES string of the molecule is Cc1ccc(Nc2ncn(CC3(O)CCN(C(=O)Cl)CC3)c(=O)c2C=N)cc1. The highest BCUT2D eigenvalue weighted by atomic mass is 35.5. The van der Waals surface area contributed by atoms with Gasteiger partial charge in [0.25, 0.3) is 5.56 Å². The van der Waals surface area contributed by atoms with E-state index >= 15 is 0 Å². The number of carbonyl (C=O) groups excluding carboxylic acids is 1. The van der Waals surface area contributed by atoms with Gasteiger partial charge in [0.2, 0.25) is 0 Å². The number of aryl methyl sites for hydroxylation is 1. The minimum Gasteiger partial charge on any atom is -0.388 e. The number of carbonyl (C=O) groups is 1. The maximum Gasteiger partial charge on any atom is 0.316 e. The van der Waals surface area contributed by atoms with Crippen LogP contribution in [0.3, 0.4) is 0 Å². The maximum absolute atomic E-state index is 12.8. The predicted octanol–water partition coefficient (Wildman–Crippen LogP) is 2.48. The second-order valence-corrected chi connectivity index (χ2v) is 7.36. The summed E-state index contributed by atoms with van der Waals surface area (Å²) < 4.78 is 1.30. The van der Waals surface area contributed by atoms with Crippen molar-refractivity contribution in [2.75, 3.05) is 18.4 Å². The first-order valence-corrected chi connectivity index (χ1v) is 9.29. The van der Waals surface area contributed by atoms with Gasteiger partial charge in [-0.2, -0.15) is 0 Å². The van der Waals surface area contributed by atoms with E-state index in [9.17, 15) is 14.7 Å². The molecule has 28 heavy (non-hydrogen) atoms. The Morgan fingerprint density at radius 2 is 2.00 bits per heavy atom. The summed E-state index contributed by atoms with van der Waals surface area (Å²) in [6.07, 6.45) is 2.94. The van der Waals surface area contributed by atoms with Crippen LogP contribution in [-0.4, -0.2) is 49.8 Å². The van der Waals surface area contributed by atoms with Gasteiger partial charge in [0.15, 0.2) is 0 Å². The molecule has 0 saturated carbocycles. The Balaban J connectivity index is 1.80. The lowest BCUT2D eigenvalue weighted by Gasteiger charge is -2.37. The highest BCUT2D eigenvalue weighted by Gasteiger charge is 2.34. The zero-order chi connectivity index (χ0) is 20.3. The quantitative estimate of drug-likeness (QED) is 0.403. The fourth-order valence-corrected chi connectivity index (χ4v) is 3.36. The van der Waals surface area contributed by atoms with E-state index in [1.807, 2.05) is 31.2 Å². The van der Waals surface area contributed by atoms with Crippen LogP contribution in [0.15, 0.2) is 35.4 Å². The number of rotatable bonds is 5. The van der Waals surface area contributed by atoms with E-state index in [1.54, 1.807) is 0 Å². The normalized spacial score (nSPS) is 15.9. The standard InChI is InChI=1S/C19H22ClN5O3/c1-13-2-4-14(5-3-13)23-16-15(10-21)17(26)25(12-22-16)11-19(28)6-8-24(9-7-19)18(20)27/h2-5,10,12,21,23,28H,6-9,11H2,1H3. The first kappa shape index (κ1) is 20.0. The predicted molar refractivity (Wildman–Crippen MR) is 108 cm³/mol. The Morgan fingerprint density at radius 1 is 1.36 bits per heavy atom. The minimum absolute atomic E-state index is 0.0365. The average Bonchev–Trinajstić information content (AvgIpc) is 2.66. The van der Waals surface area contributed by atoms with Crippen molar-refractivity contribution >= 4 is 34.7 Å². The summed E-state index contributed by atoms with van der Waals surface area (Å²) >= 11 is 5.48. The summed E-state index contributed by atoms with van der Waals surface area (Å²) in [6, 6.07) is 7.60. The van der Waals surface area contributed by atoms with Crippen LogP contribution in [0.25, 0.3) is 0 Å². The minimum atomic E-state index is -1.14. The molecular formula is C19H22ClN5O3. The van der Waals surface area contributed by atoms with Gasteiger partial charge in [-0.05, 0) is 43.5 Å². The molecule has 0 aliphatic carbocycles. The molecule has 0 bridgehead atoms. The summed E-state index contributed by atoms with van der Waals surface area (Å²) in [5.41, 5.74) is 0.426. The number of halogens is 1. The van der Waals surface area contributed by atoms with Gasteiger partial charge in [-0.15, -0.1) is 0 Å². The third-order valence-corrected chi connectivity index (χ3v) is 5.18. The molecular weight excluding hydrogens is 382 g/mol. The maximum atomic E-state index is 12.8. The molecule has 3 N–H and O–H groups in total. The number of nitrogens with zero attached hydrogens (tertiary/aromatic N) is 3. The first-order valence-electron chi connectivity index (χ1n) is 8.92. The number of nitrogens with one attached hydrogen (secondary N) is 2. The van der Waals surface area contributed by atoms with Gasteiger partial charge < -0.3 is 20.7 Å². The molecule has 0 spiro atoms. The van der Waals surface area contributed by atoms with Crippen molar-refractivity contribution in [3.63, 3.8) is 0 Å². The van der Waals surface area contributed by atoms with E-state index in [0.717, 1.165) is 17.5 Å². The summed E-state index contributed by atoms with van der Waals surface area (Å²) in [4.78, 5) is 29.7. The fraction of sp³-hybridized carbons (Fsp3) is 0.368. The second kappa shape index (κ2) is 8.12. The molecule has 1 aromatic carbocycles. The number of hydrogen-bond donors (Lipinski definition) is 3. The van der Waals surface area contributed by atoms with E-state index < -0.39 is 16.5 Å². The number of amides is 1. The van der Waals surface area contributed by atoms with Gasteiger partial charge in [0, 0.05) is 25.0 Å². The largest absolute Gasteiger partial charge is 0.388 e. The van der Waals surface area contributed by atoms with Crippen molar-refractivity contribution in [3.8, 4) is 0 Å². The summed E-state index contributed by atoms with van der Waals surface area (Å²) in [6.45, 7) is 2.66. The Kier molecular flexibility index (Phi) is 5.81. The van der Waals surface area contributed by atoms with Crippen LogP contribution in [0.5, 0.6) is 0 Å². The molecule has 1 aromatic heterocycles. The van der Waals surface area contributed by atoms with E-state index in [-0.39, 0.29) is 17.9 Å². The molecule has 2 aromatic rings. The highest BCUT2D eigenvalue weighted by molar-refractivity contribution is 6.62. The van der Waals surface area contributed by atoms with Crippen LogP contribution >= 0.6 is 11.6 Å². The van der Waals surface area contributed by atoms with Crippen LogP contribution in [-0.2, 0) is 6.54 Å². The topological polar surface area (TPSA) is 111 Å². The Morgan fingerprint density at radius 3 is 2.57 bits per heavy atom. The third kappa shape index (κ3) is 4.40. The van der Waals surface area contributed by atoms with Crippen LogP contribution < -0.4 is 10.9 Å². The van der Waals surface area contributed by atoms with E-state index in [4.69, 9.17) is 17.0 Å². The number of likely N-dealkylation sites (tertiary alicyclic amines) is 1. The molecule has 0 radical (unpaired) electrons. The lowest BCUT2D eigenvalue weighted by atomic mass is 9.91. The summed E-state index contributed by atoms with van der Waals surface area (Å²) in [5.74, 6) is 0.287. The fourth-order valence-electron chi connectivity index (χ4n) is 3.20. The molecule has 3 rings (SSSR count). The van der Waals surface area contributed by atoms with Crippen molar-refractivity contribution < 1.29 is 9.90 Å². The molecule has 1 aliphatic rings. The zero-order valence-corrected chi connectivity index (χ0v) is 16.2. The van der Waals surface area contributed by atoms with Crippen LogP contribution in [0, 0.1) is 12.3 Å². The van der Waals surface area contributed by atoms with E-state index in [0.29, 0.717) is 25.9 Å². The van der Waals surface area contributed by atoms with Gasteiger partial charge >= 0.3 is 5.37 Å². The van der Waals surface area contributed by atoms with Gasteiger partial charge in [-0.3, -0.25) is 14.2 Å². The van der Waals surface area contributed by atoms with Crippen molar-refractivity contribution in [1.82, 2.24) is 14.5 Å². The van der Waals surface area contributed by atoms with Gasteiger partial charge in [0.05, 0.1) is 18.5 Å². The molecule has 8 nitrogen and oxygen atoms in total. The lowest BCUT2D eigenvalue weighted by Crippen LogP contribution is -2.48. The monoisotopic (exact) mass is 403 g/mol. The number of piperidine rings is 1. The van der Waals surface area contributed by atoms with Crippen LogP contribution in [0.2, 0.25) is 0 Å². The first-order chi connectivity index (χ1) is 13.3. The molecule has 148 valence electrons. The van der Waals surface area contributed by atoms with Crippen LogP contribution in [0.1, 0.15) is 24.0 Å². The van der Waals surface area contributed by atoms with Crippen molar-refractivity contribution in [1.29, 1.82) is 5.41 Å². The Labute approximate surface area is 167 Å². The number of anilines is 2. The molecule has 1 aliphatic heterocycles. The van der Waals surface area contributed by atoms with Gasteiger partial charge in [-0.1, -0.05) is 17.7 Å². The number of benzene rings is 1. The van der Waals surface area contributed by atoms with Crippen molar-refractivity contribution in [2.45, 2.75) is 31.9 Å². The van der Waals surface area contributed by atoms with Gasteiger partial charge in [-0.25, -0.2) is 4.98 Å². The molecule has 0 unspecified atom stereocenters. The zero-order valence-electron chi connectivity index (χ0n) is 15.5. The van der Waals surface area contributed by atoms with Crippen molar-refractivity contribution in [2.24, 2.45) is 0 Å². The number of aliphatic hydroxyl groups is 1. The van der Waals surface area contributed by atoms with E-state index in [2.05, 4.69) is 10.3 Å². The molecule has 9 heteroatoms. The summed E-state index contributed by atoms with van der Waals surface area (Å²) in [5, 5.41) is 20.9. The average molecular weight is 404 g/mol. The second-order valence-electron chi connectivity index (χ2n) is 7.04. The molecule has 2 heterocycles. The lowest BCUT2D eigenvalue weighted by molar-refractivity contribution is -0.0249. The van der Waals surface area contributed by atoms with Crippen molar-refractivity contribution in [3.05, 3.63) is 52.1 Å². The summed E-state index contributed by atoms with van der Waals surface area (Å²) in [7, 11) is 0.